The first-order valence-electron chi connectivity index (χ1n) is 20.0. The third kappa shape index (κ3) is 5.28. The molecule has 0 amide bonds. The lowest BCUT2D eigenvalue weighted by atomic mass is 9.82. The number of aromatic nitrogens is 3. The molecule has 0 saturated heterocycles. The van der Waals surface area contributed by atoms with Gasteiger partial charge in [0.15, 0.2) is 17.5 Å². The van der Waals surface area contributed by atoms with Crippen LogP contribution in [0.25, 0.3) is 111 Å². The van der Waals surface area contributed by atoms with Gasteiger partial charge in [-0.15, -0.1) is 0 Å². The van der Waals surface area contributed by atoms with Gasteiger partial charge in [-0.3, -0.25) is 0 Å². The van der Waals surface area contributed by atoms with Gasteiger partial charge in [0.1, 0.15) is 22.3 Å². The Morgan fingerprint density at radius 2 is 0.864 bits per heavy atom. The Morgan fingerprint density at radius 1 is 0.339 bits per heavy atom. The van der Waals surface area contributed by atoms with Crippen LogP contribution in [0.15, 0.2) is 185 Å². The average Bonchev–Trinajstić information content (AvgIpc) is 3.93. The van der Waals surface area contributed by atoms with Gasteiger partial charge in [0.2, 0.25) is 0 Å². The van der Waals surface area contributed by atoms with E-state index in [4.69, 9.17) is 23.8 Å². The number of para-hydroxylation sites is 1. The summed E-state index contributed by atoms with van der Waals surface area (Å²) in [5, 5.41) is 4.26. The number of fused-ring (bicyclic) bond motifs is 9. The van der Waals surface area contributed by atoms with Crippen molar-refractivity contribution in [2.24, 2.45) is 0 Å². The summed E-state index contributed by atoms with van der Waals surface area (Å²) >= 11 is 0. The molecule has 0 spiro atoms. The highest BCUT2D eigenvalue weighted by Crippen LogP contribution is 2.49. The van der Waals surface area contributed by atoms with E-state index in [-0.39, 0.29) is 5.41 Å². The van der Waals surface area contributed by atoms with E-state index in [9.17, 15) is 0 Å². The molecule has 0 fully saturated rings. The first-order valence-corrected chi connectivity index (χ1v) is 20.0. The molecule has 5 heteroatoms. The summed E-state index contributed by atoms with van der Waals surface area (Å²) in [6.07, 6.45) is 0. The minimum Gasteiger partial charge on any atom is -0.456 e. The van der Waals surface area contributed by atoms with E-state index in [2.05, 4.69) is 147 Å². The maximum atomic E-state index is 6.53. The first-order chi connectivity index (χ1) is 29.0. The maximum Gasteiger partial charge on any atom is 0.164 e. The Kier molecular flexibility index (Phi) is 7.20. The minimum absolute atomic E-state index is 0.0507. The number of hydrogen-bond donors (Lipinski definition) is 0. The topological polar surface area (TPSA) is 65.0 Å². The summed E-state index contributed by atoms with van der Waals surface area (Å²) in [4.78, 5) is 15.5. The second kappa shape index (κ2) is 12.7. The van der Waals surface area contributed by atoms with E-state index < -0.39 is 0 Å². The molecule has 1 aliphatic rings. The predicted octanol–water partition coefficient (Wildman–Crippen LogP) is 14.3. The van der Waals surface area contributed by atoms with Gasteiger partial charge in [0.05, 0.1) is 0 Å². The molecular weight excluding hydrogens is 723 g/mol. The summed E-state index contributed by atoms with van der Waals surface area (Å²) in [6.45, 7) is 4.63. The fourth-order valence-electron chi connectivity index (χ4n) is 9.19. The molecule has 12 rings (SSSR count). The van der Waals surface area contributed by atoms with Gasteiger partial charge in [0.25, 0.3) is 0 Å². The van der Waals surface area contributed by atoms with Crippen molar-refractivity contribution in [1.82, 2.24) is 15.0 Å². The zero-order chi connectivity index (χ0) is 39.2. The van der Waals surface area contributed by atoms with Gasteiger partial charge in [-0.2, -0.15) is 0 Å². The van der Waals surface area contributed by atoms with Crippen LogP contribution in [0.4, 0.5) is 0 Å². The van der Waals surface area contributed by atoms with Crippen LogP contribution in [-0.4, -0.2) is 15.0 Å². The average molecular weight is 758 g/mol. The van der Waals surface area contributed by atoms with Crippen LogP contribution >= 0.6 is 0 Å². The van der Waals surface area contributed by atoms with Crippen LogP contribution < -0.4 is 0 Å². The maximum absolute atomic E-state index is 6.53. The molecule has 0 N–H and O–H groups in total. The number of nitrogens with zero attached hydrogens (tertiary/aromatic N) is 3. The second-order valence-corrected chi connectivity index (χ2v) is 16.0. The van der Waals surface area contributed by atoms with Crippen LogP contribution in [0, 0.1) is 0 Å². The fraction of sp³-hybridized carbons (Fsp3) is 0.0556. The van der Waals surface area contributed by atoms with Crippen LogP contribution in [0.1, 0.15) is 25.0 Å². The second-order valence-electron chi connectivity index (χ2n) is 16.0. The molecule has 1 aliphatic carbocycles. The molecule has 0 saturated carbocycles. The van der Waals surface area contributed by atoms with E-state index in [1.807, 2.05) is 42.5 Å². The van der Waals surface area contributed by atoms with Gasteiger partial charge in [0, 0.05) is 43.7 Å². The number of hydrogen-bond acceptors (Lipinski definition) is 5. The Balaban J connectivity index is 1.01. The molecule has 8 aromatic carbocycles. The van der Waals surface area contributed by atoms with Gasteiger partial charge in [-0.1, -0.05) is 141 Å². The SMILES string of the molecule is CC1(C)c2ccccc2-c2cc(-c3cccc(-c4nc(-c5ccc6c(c5)oc5ccccc56)nc(-c5ccc6c(c5)oc5cccc(-c7ccccc7)c56)n4)c3)ccc21. The van der Waals surface area contributed by atoms with Crippen LogP contribution in [0.3, 0.4) is 0 Å². The standard InChI is InChI=1S/C54H35N3O2/c1-54(2)44-19-8-6-16-39(44)43-29-34(24-27-45(43)54)33-14-10-15-35(28-33)51-55-52(36-22-25-41-40-17-7-9-20-46(40)58-48(41)30-36)57-53(56-51)37-23-26-42-49(31-37)59-47-21-11-18-38(50(42)47)32-12-4-3-5-13-32/h3-31H,1-2H3. The van der Waals surface area contributed by atoms with Crippen molar-refractivity contribution in [2.75, 3.05) is 0 Å². The van der Waals surface area contributed by atoms with Crippen molar-refractivity contribution in [2.45, 2.75) is 19.3 Å². The fourth-order valence-corrected chi connectivity index (χ4v) is 9.19. The van der Waals surface area contributed by atoms with E-state index in [1.54, 1.807) is 0 Å². The molecule has 0 radical (unpaired) electrons. The molecule has 0 bridgehead atoms. The predicted molar refractivity (Wildman–Crippen MR) is 239 cm³/mol. The molecule has 0 aliphatic heterocycles. The molecule has 278 valence electrons. The molecular formula is C54H35N3O2. The molecule has 5 nitrogen and oxygen atoms in total. The number of benzene rings is 8. The van der Waals surface area contributed by atoms with Crippen molar-refractivity contribution in [3.05, 3.63) is 187 Å². The quantitative estimate of drug-likeness (QED) is 0.175. The minimum atomic E-state index is -0.0507. The monoisotopic (exact) mass is 757 g/mol. The molecule has 59 heavy (non-hydrogen) atoms. The number of furan rings is 2. The molecule has 3 aromatic heterocycles. The summed E-state index contributed by atoms with van der Waals surface area (Å²) in [5.41, 5.74) is 15.6. The van der Waals surface area contributed by atoms with Crippen LogP contribution in [0.2, 0.25) is 0 Å². The van der Waals surface area contributed by atoms with Crippen molar-refractivity contribution in [3.8, 4) is 67.5 Å². The zero-order valence-corrected chi connectivity index (χ0v) is 32.4. The Hall–Kier alpha value is -7.63. The van der Waals surface area contributed by atoms with Gasteiger partial charge in [-0.25, -0.2) is 15.0 Å². The van der Waals surface area contributed by atoms with Gasteiger partial charge >= 0.3 is 0 Å². The highest BCUT2D eigenvalue weighted by Gasteiger charge is 2.35. The summed E-state index contributed by atoms with van der Waals surface area (Å²) < 4.78 is 12.8. The zero-order valence-electron chi connectivity index (χ0n) is 32.4. The van der Waals surface area contributed by atoms with E-state index in [1.165, 1.54) is 22.3 Å². The molecule has 3 heterocycles. The molecule has 0 unspecified atom stereocenters. The largest absolute Gasteiger partial charge is 0.456 e. The van der Waals surface area contributed by atoms with Crippen molar-refractivity contribution < 1.29 is 8.83 Å². The van der Waals surface area contributed by atoms with Crippen LogP contribution in [-0.2, 0) is 5.41 Å². The van der Waals surface area contributed by atoms with Crippen LogP contribution in [0.5, 0.6) is 0 Å². The van der Waals surface area contributed by atoms with E-state index in [0.717, 1.165) is 82.8 Å². The first kappa shape index (κ1) is 33.5. The lowest BCUT2D eigenvalue weighted by Gasteiger charge is -2.21. The Bertz CT molecular complexity index is 3480. The summed E-state index contributed by atoms with van der Waals surface area (Å²) in [7, 11) is 0. The molecule has 0 atom stereocenters. The summed E-state index contributed by atoms with van der Waals surface area (Å²) in [6, 6.07) is 61.4. The highest BCUT2D eigenvalue weighted by molar-refractivity contribution is 6.13. The third-order valence-corrected chi connectivity index (χ3v) is 12.2. The van der Waals surface area contributed by atoms with E-state index >= 15 is 0 Å². The Morgan fingerprint density at radius 3 is 1.68 bits per heavy atom. The van der Waals surface area contributed by atoms with Crippen molar-refractivity contribution >= 4 is 43.9 Å². The molecule has 11 aromatic rings. The lowest BCUT2D eigenvalue weighted by molar-refractivity contribution is 0.660. The van der Waals surface area contributed by atoms with Gasteiger partial charge < -0.3 is 8.83 Å². The number of rotatable bonds is 5. The smallest absolute Gasteiger partial charge is 0.164 e. The van der Waals surface area contributed by atoms with Crippen molar-refractivity contribution in [3.63, 3.8) is 0 Å². The van der Waals surface area contributed by atoms with Gasteiger partial charge in [-0.05, 0) is 93.0 Å². The van der Waals surface area contributed by atoms with Crippen molar-refractivity contribution in [1.29, 1.82) is 0 Å². The summed E-state index contributed by atoms with van der Waals surface area (Å²) in [5.74, 6) is 1.70. The lowest BCUT2D eigenvalue weighted by Crippen LogP contribution is -2.14. The highest BCUT2D eigenvalue weighted by atomic mass is 16.3. The normalized spacial score (nSPS) is 13.1. The third-order valence-electron chi connectivity index (χ3n) is 12.2. The Labute approximate surface area is 340 Å². The van der Waals surface area contributed by atoms with E-state index in [0.29, 0.717) is 17.5 Å².